The highest BCUT2D eigenvalue weighted by molar-refractivity contribution is 6.03. The molecule has 0 fully saturated rings. The lowest BCUT2D eigenvalue weighted by molar-refractivity contribution is 1.32. The van der Waals surface area contributed by atoms with Crippen molar-refractivity contribution < 1.29 is 0 Å². The van der Waals surface area contributed by atoms with Crippen molar-refractivity contribution in [3.8, 4) is 6.07 Å². The number of rotatable bonds is 1. The molecule has 1 heterocycles. The number of hydrogen-bond donors (Lipinski definition) is 1. The van der Waals surface area contributed by atoms with E-state index in [1.54, 1.807) is 6.20 Å². The normalized spacial score (nSPS) is 9.27. The quantitative estimate of drug-likeness (QED) is 0.558. The van der Waals surface area contributed by atoms with E-state index in [1.807, 2.05) is 36.4 Å². The Bertz CT molecular complexity index is 596. The average molecular weight is 193 g/mol. The molecule has 2 aromatic rings. The smallest absolute Gasteiger partial charge is 0.139 e. The highest BCUT2D eigenvalue weighted by atomic mass is 14.7. The minimum Gasteiger partial charge on any atom is -0.257 e. The van der Waals surface area contributed by atoms with Gasteiger partial charge in [0.1, 0.15) is 11.6 Å². The molecule has 15 heavy (non-hydrogen) atoms. The van der Waals surface area contributed by atoms with Crippen molar-refractivity contribution >= 4 is 22.2 Å². The number of fused-ring (bicyclic) bond motifs is 1. The van der Waals surface area contributed by atoms with Crippen LogP contribution in [-0.4, -0.2) is 10.9 Å². The molecule has 0 unspecified atom stereocenters. The number of nitriles is 1. The predicted molar refractivity (Wildman–Crippen MR) is 58.5 cm³/mol. The van der Waals surface area contributed by atoms with Gasteiger partial charge in [0.2, 0.25) is 0 Å². The summed E-state index contributed by atoms with van der Waals surface area (Å²) in [6, 6.07) is 11.4. The van der Waals surface area contributed by atoms with E-state index in [9.17, 15) is 0 Å². The summed E-state index contributed by atoms with van der Waals surface area (Å²) in [5, 5.41) is 17.7. The standard InChI is InChI=1S/C12H7N3/c13-7-10(8-14)12-11-4-2-1-3-9(11)5-6-15-12/h1-6,13H. The molecule has 0 aliphatic carbocycles. The number of aromatic nitrogens is 1. The molecule has 0 spiro atoms. The Kier molecular flexibility index (Phi) is 2.28. The zero-order chi connectivity index (χ0) is 10.7. The van der Waals surface area contributed by atoms with Crippen molar-refractivity contribution in [3.05, 3.63) is 42.2 Å². The van der Waals surface area contributed by atoms with Crippen LogP contribution in [0.25, 0.3) is 16.3 Å². The van der Waals surface area contributed by atoms with E-state index in [2.05, 4.69) is 10.9 Å². The minimum absolute atomic E-state index is 0.159. The lowest BCUT2D eigenvalue weighted by Crippen LogP contribution is -1.89. The molecule has 0 radical (unpaired) electrons. The van der Waals surface area contributed by atoms with Crippen molar-refractivity contribution in [3.63, 3.8) is 0 Å². The van der Waals surface area contributed by atoms with E-state index in [4.69, 9.17) is 10.7 Å². The molecule has 1 N–H and O–H groups in total. The Morgan fingerprint density at radius 1 is 1.27 bits per heavy atom. The van der Waals surface area contributed by atoms with Crippen LogP contribution < -0.4 is 0 Å². The second kappa shape index (κ2) is 3.75. The zero-order valence-electron chi connectivity index (χ0n) is 7.86. The molecule has 70 valence electrons. The SMILES string of the molecule is N#CC(=C=N)c1nccc2ccccc12. The molecule has 0 atom stereocenters. The third-order valence-corrected chi connectivity index (χ3v) is 2.15. The largest absolute Gasteiger partial charge is 0.257 e. The van der Waals surface area contributed by atoms with Crippen LogP contribution in [0.3, 0.4) is 0 Å². The molecule has 2 rings (SSSR count). The maximum absolute atomic E-state index is 8.83. The summed E-state index contributed by atoms with van der Waals surface area (Å²) in [5.74, 6) is 2.10. The lowest BCUT2D eigenvalue weighted by atomic mass is 10.1. The van der Waals surface area contributed by atoms with E-state index >= 15 is 0 Å². The van der Waals surface area contributed by atoms with Gasteiger partial charge in [-0.1, -0.05) is 24.3 Å². The average Bonchev–Trinajstić information content (AvgIpc) is 2.31. The van der Waals surface area contributed by atoms with E-state index in [0.29, 0.717) is 5.69 Å². The number of benzene rings is 1. The van der Waals surface area contributed by atoms with Gasteiger partial charge in [0, 0.05) is 11.6 Å². The van der Waals surface area contributed by atoms with Crippen molar-refractivity contribution in [1.29, 1.82) is 10.7 Å². The summed E-state index contributed by atoms with van der Waals surface area (Å²) in [6.07, 6.45) is 1.63. The van der Waals surface area contributed by atoms with Gasteiger partial charge < -0.3 is 0 Å². The molecule has 1 aromatic carbocycles. The van der Waals surface area contributed by atoms with Crippen molar-refractivity contribution in [2.75, 3.05) is 0 Å². The van der Waals surface area contributed by atoms with Crippen LogP contribution in [0.1, 0.15) is 5.69 Å². The van der Waals surface area contributed by atoms with E-state index in [1.165, 1.54) is 0 Å². The van der Waals surface area contributed by atoms with Crippen LogP contribution in [0.4, 0.5) is 0 Å². The molecule has 0 bridgehead atoms. The number of hydrogen-bond acceptors (Lipinski definition) is 3. The van der Waals surface area contributed by atoms with Crippen molar-refractivity contribution in [1.82, 2.24) is 4.98 Å². The Labute approximate surface area is 86.8 Å². The minimum atomic E-state index is 0.159. The van der Waals surface area contributed by atoms with E-state index in [0.717, 1.165) is 10.8 Å². The van der Waals surface area contributed by atoms with Gasteiger partial charge in [-0.2, -0.15) is 5.26 Å². The highest BCUT2D eigenvalue weighted by Gasteiger charge is 2.06. The fourth-order valence-corrected chi connectivity index (χ4v) is 1.46. The zero-order valence-corrected chi connectivity index (χ0v) is 7.86. The van der Waals surface area contributed by atoms with Gasteiger partial charge in [-0.25, -0.2) is 0 Å². The fraction of sp³-hybridized carbons (Fsp3) is 0. The Hall–Kier alpha value is -2.43. The van der Waals surface area contributed by atoms with Crippen LogP contribution in [0, 0.1) is 16.7 Å². The Balaban J connectivity index is 2.83. The maximum Gasteiger partial charge on any atom is 0.139 e. The number of pyridine rings is 1. The summed E-state index contributed by atoms with van der Waals surface area (Å²) < 4.78 is 0. The molecule has 3 nitrogen and oxygen atoms in total. The third kappa shape index (κ3) is 1.50. The molecule has 0 saturated carbocycles. The summed E-state index contributed by atoms with van der Waals surface area (Å²) >= 11 is 0. The van der Waals surface area contributed by atoms with Crippen LogP contribution in [0.2, 0.25) is 0 Å². The summed E-state index contributed by atoms with van der Waals surface area (Å²) in [5.41, 5.74) is 0.678. The summed E-state index contributed by atoms with van der Waals surface area (Å²) in [7, 11) is 0. The van der Waals surface area contributed by atoms with Crippen molar-refractivity contribution in [2.45, 2.75) is 0 Å². The van der Waals surface area contributed by atoms with Crippen LogP contribution in [0.15, 0.2) is 36.5 Å². The first-order chi connectivity index (χ1) is 7.36. The molecule has 3 heteroatoms. The molecular weight excluding hydrogens is 186 g/mol. The summed E-state index contributed by atoms with van der Waals surface area (Å²) in [4.78, 5) is 4.11. The fourth-order valence-electron chi connectivity index (χ4n) is 1.46. The number of nitrogens with one attached hydrogen (secondary N) is 1. The van der Waals surface area contributed by atoms with Gasteiger partial charge in [0.05, 0.1) is 5.69 Å². The second-order valence-electron chi connectivity index (χ2n) is 2.99. The first-order valence-electron chi connectivity index (χ1n) is 4.40. The monoisotopic (exact) mass is 193 g/mol. The van der Waals surface area contributed by atoms with Gasteiger partial charge in [-0.3, -0.25) is 10.4 Å². The van der Waals surface area contributed by atoms with Gasteiger partial charge in [0.15, 0.2) is 0 Å². The Morgan fingerprint density at radius 3 is 2.80 bits per heavy atom. The van der Waals surface area contributed by atoms with Gasteiger partial charge in [-0.15, -0.1) is 0 Å². The highest BCUT2D eigenvalue weighted by Crippen LogP contribution is 2.20. The number of nitrogens with zero attached hydrogens (tertiary/aromatic N) is 2. The first kappa shape index (κ1) is 9.14. The summed E-state index contributed by atoms with van der Waals surface area (Å²) in [6.45, 7) is 0. The Morgan fingerprint density at radius 2 is 2.07 bits per heavy atom. The van der Waals surface area contributed by atoms with Gasteiger partial charge >= 0.3 is 0 Å². The second-order valence-corrected chi connectivity index (χ2v) is 2.99. The molecule has 0 amide bonds. The van der Waals surface area contributed by atoms with Crippen LogP contribution >= 0.6 is 0 Å². The van der Waals surface area contributed by atoms with E-state index < -0.39 is 0 Å². The van der Waals surface area contributed by atoms with E-state index in [-0.39, 0.29) is 5.57 Å². The molecule has 1 aromatic heterocycles. The predicted octanol–water partition coefficient (Wildman–Crippen LogP) is 2.39. The van der Waals surface area contributed by atoms with Crippen LogP contribution in [-0.2, 0) is 0 Å². The van der Waals surface area contributed by atoms with Gasteiger partial charge in [0.25, 0.3) is 0 Å². The van der Waals surface area contributed by atoms with Crippen LogP contribution in [0.5, 0.6) is 0 Å². The third-order valence-electron chi connectivity index (χ3n) is 2.15. The van der Waals surface area contributed by atoms with Gasteiger partial charge in [-0.05, 0) is 17.3 Å². The molecular formula is C12H7N3. The molecule has 0 aliphatic heterocycles. The molecule has 0 aliphatic rings. The van der Waals surface area contributed by atoms with Crippen molar-refractivity contribution in [2.24, 2.45) is 0 Å². The topological polar surface area (TPSA) is 60.5 Å². The lowest BCUT2D eigenvalue weighted by Gasteiger charge is -2.01. The number of allylic oxidation sites excluding steroid dienone is 1. The maximum atomic E-state index is 8.83. The first-order valence-corrected chi connectivity index (χ1v) is 4.40. The molecule has 0 saturated heterocycles.